The third-order valence-corrected chi connectivity index (χ3v) is 3.36. The molecule has 0 bridgehead atoms. The third-order valence-electron chi connectivity index (χ3n) is 2.96. The number of nitrogens with zero attached hydrogens (tertiary/aromatic N) is 1. The van der Waals surface area contributed by atoms with Gasteiger partial charge in [-0.25, -0.2) is 4.39 Å². The summed E-state index contributed by atoms with van der Waals surface area (Å²) in [6.07, 6.45) is 2.70. The van der Waals surface area contributed by atoms with Gasteiger partial charge in [0.25, 0.3) is 0 Å². The largest absolute Gasteiger partial charge is 0.508 e. The van der Waals surface area contributed by atoms with Crippen LogP contribution in [0.15, 0.2) is 48.8 Å². The van der Waals surface area contributed by atoms with Crippen molar-refractivity contribution in [2.45, 2.75) is 0 Å². The van der Waals surface area contributed by atoms with E-state index in [-0.39, 0.29) is 5.75 Å². The second kappa shape index (κ2) is 4.52. The zero-order valence-corrected chi connectivity index (χ0v) is 10.5. The summed E-state index contributed by atoms with van der Waals surface area (Å²) in [6.45, 7) is 0. The second-order valence-electron chi connectivity index (χ2n) is 4.22. The van der Waals surface area contributed by atoms with Crippen LogP contribution in [0, 0.1) is 5.82 Å². The van der Waals surface area contributed by atoms with Crippen LogP contribution in [0.1, 0.15) is 0 Å². The molecule has 0 amide bonds. The molecule has 0 aliphatic carbocycles. The Balaban J connectivity index is 2.28. The van der Waals surface area contributed by atoms with Gasteiger partial charge in [0.05, 0.1) is 11.2 Å². The Morgan fingerprint density at radius 3 is 2.63 bits per heavy atom. The summed E-state index contributed by atoms with van der Waals surface area (Å²) >= 11 is 6.34. The number of aromatic nitrogens is 1. The summed E-state index contributed by atoms with van der Waals surface area (Å²) in [7, 11) is 0. The van der Waals surface area contributed by atoms with Crippen molar-refractivity contribution in [3.05, 3.63) is 59.6 Å². The average Bonchev–Trinajstić information content (AvgIpc) is 2.40. The topological polar surface area (TPSA) is 33.1 Å². The van der Waals surface area contributed by atoms with Crippen LogP contribution in [0.4, 0.5) is 4.39 Å². The maximum Gasteiger partial charge on any atom is 0.142 e. The Bertz CT molecular complexity index is 773. The van der Waals surface area contributed by atoms with Crippen molar-refractivity contribution in [2.24, 2.45) is 0 Å². The van der Waals surface area contributed by atoms with Crippen molar-refractivity contribution in [1.29, 1.82) is 0 Å². The number of phenolic OH excluding ortho intramolecular Hbond substituents is 1. The van der Waals surface area contributed by atoms with Crippen LogP contribution in [0.3, 0.4) is 0 Å². The van der Waals surface area contributed by atoms with Crippen molar-refractivity contribution < 1.29 is 9.50 Å². The van der Waals surface area contributed by atoms with Crippen LogP contribution in [0.5, 0.6) is 5.75 Å². The number of aromatic hydroxyl groups is 1. The minimum Gasteiger partial charge on any atom is -0.508 e. The van der Waals surface area contributed by atoms with Crippen molar-refractivity contribution in [3.8, 4) is 16.9 Å². The first-order valence-corrected chi connectivity index (χ1v) is 6.05. The number of rotatable bonds is 1. The van der Waals surface area contributed by atoms with E-state index in [4.69, 9.17) is 11.6 Å². The molecule has 0 radical (unpaired) electrons. The predicted molar refractivity (Wildman–Crippen MR) is 73.8 cm³/mol. The van der Waals surface area contributed by atoms with Gasteiger partial charge in [-0.1, -0.05) is 29.8 Å². The van der Waals surface area contributed by atoms with Crippen LogP contribution in [-0.2, 0) is 0 Å². The minimum absolute atomic E-state index is 0.143. The standard InChI is InChI=1S/C15H9ClFNO/c16-15-13(10-5-11(17)8-18-7-10)4-2-9-1-3-12(19)6-14(9)15/h1-8,19H. The predicted octanol–water partition coefficient (Wildman–Crippen LogP) is 4.40. The number of hydrogen-bond acceptors (Lipinski definition) is 2. The van der Waals surface area contributed by atoms with Gasteiger partial charge in [-0.05, 0) is 23.6 Å². The van der Waals surface area contributed by atoms with Crippen LogP contribution in [0.2, 0.25) is 5.02 Å². The highest BCUT2D eigenvalue weighted by atomic mass is 35.5. The molecule has 0 saturated carbocycles. The molecule has 94 valence electrons. The molecule has 1 heterocycles. The summed E-state index contributed by atoms with van der Waals surface area (Å²) in [5.41, 5.74) is 1.29. The smallest absolute Gasteiger partial charge is 0.142 e. The molecule has 0 unspecified atom stereocenters. The lowest BCUT2D eigenvalue weighted by Gasteiger charge is -2.08. The van der Waals surface area contributed by atoms with Gasteiger partial charge in [0.1, 0.15) is 11.6 Å². The fourth-order valence-electron chi connectivity index (χ4n) is 2.05. The highest BCUT2D eigenvalue weighted by Gasteiger charge is 2.09. The van der Waals surface area contributed by atoms with E-state index in [1.54, 1.807) is 24.4 Å². The lowest BCUT2D eigenvalue weighted by atomic mass is 10.0. The Hall–Kier alpha value is -2.13. The Kier molecular flexibility index (Phi) is 2.84. The van der Waals surface area contributed by atoms with Crippen molar-refractivity contribution in [2.75, 3.05) is 0 Å². The van der Waals surface area contributed by atoms with Crippen molar-refractivity contribution in [3.63, 3.8) is 0 Å². The molecule has 3 aromatic rings. The van der Waals surface area contributed by atoms with Crippen LogP contribution < -0.4 is 0 Å². The number of halogens is 2. The van der Waals surface area contributed by atoms with Gasteiger partial charge in [0.15, 0.2) is 0 Å². The normalized spacial score (nSPS) is 10.8. The zero-order valence-electron chi connectivity index (χ0n) is 9.77. The van der Waals surface area contributed by atoms with E-state index in [1.807, 2.05) is 12.1 Å². The van der Waals surface area contributed by atoms with E-state index in [1.165, 1.54) is 6.07 Å². The molecule has 2 aromatic carbocycles. The first kappa shape index (κ1) is 11.9. The molecule has 0 saturated heterocycles. The molecule has 1 aromatic heterocycles. The van der Waals surface area contributed by atoms with Gasteiger partial charge in [-0.15, -0.1) is 0 Å². The fraction of sp³-hybridized carbons (Fsp3) is 0. The number of phenols is 1. The van der Waals surface area contributed by atoms with Crippen molar-refractivity contribution in [1.82, 2.24) is 4.98 Å². The monoisotopic (exact) mass is 273 g/mol. The number of pyridine rings is 1. The summed E-state index contributed by atoms with van der Waals surface area (Å²) in [5, 5.41) is 11.6. The zero-order chi connectivity index (χ0) is 13.4. The molecule has 1 N–H and O–H groups in total. The van der Waals surface area contributed by atoms with E-state index in [0.29, 0.717) is 16.1 Å². The summed E-state index contributed by atoms with van der Waals surface area (Å²) < 4.78 is 13.2. The van der Waals surface area contributed by atoms with Gasteiger partial charge in [0, 0.05) is 22.7 Å². The Labute approximate surface area is 114 Å². The van der Waals surface area contributed by atoms with Crippen molar-refractivity contribution >= 4 is 22.4 Å². The maximum absolute atomic E-state index is 13.2. The van der Waals surface area contributed by atoms with Gasteiger partial charge < -0.3 is 5.11 Å². The lowest BCUT2D eigenvalue weighted by molar-refractivity contribution is 0.476. The van der Waals surface area contributed by atoms with E-state index in [0.717, 1.165) is 17.0 Å². The van der Waals surface area contributed by atoms with Crippen LogP contribution >= 0.6 is 11.6 Å². The molecule has 0 atom stereocenters. The second-order valence-corrected chi connectivity index (χ2v) is 4.60. The highest BCUT2D eigenvalue weighted by Crippen LogP contribution is 2.35. The molecule has 2 nitrogen and oxygen atoms in total. The molecule has 0 fully saturated rings. The fourth-order valence-corrected chi connectivity index (χ4v) is 2.39. The summed E-state index contributed by atoms with van der Waals surface area (Å²) in [5.74, 6) is -0.270. The molecule has 19 heavy (non-hydrogen) atoms. The molecule has 0 spiro atoms. The number of benzene rings is 2. The van der Waals surface area contributed by atoms with E-state index in [9.17, 15) is 9.50 Å². The Morgan fingerprint density at radius 1 is 1.05 bits per heavy atom. The van der Waals surface area contributed by atoms with E-state index < -0.39 is 5.82 Å². The Morgan fingerprint density at radius 2 is 1.84 bits per heavy atom. The summed E-state index contributed by atoms with van der Waals surface area (Å²) in [4.78, 5) is 3.82. The molecular formula is C15H9ClFNO. The van der Waals surface area contributed by atoms with Crippen LogP contribution in [0.25, 0.3) is 21.9 Å². The highest BCUT2D eigenvalue weighted by molar-refractivity contribution is 6.38. The van der Waals surface area contributed by atoms with Gasteiger partial charge in [0.2, 0.25) is 0 Å². The first-order chi connectivity index (χ1) is 9.15. The quantitative estimate of drug-likeness (QED) is 0.713. The molecule has 0 aliphatic rings. The minimum atomic E-state index is -0.412. The SMILES string of the molecule is Oc1ccc2ccc(-c3cncc(F)c3)c(Cl)c2c1. The third kappa shape index (κ3) is 2.13. The molecule has 0 aliphatic heterocycles. The lowest BCUT2D eigenvalue weighted by Crippen LogP contribution is -1.85. The van der Waals surface area contributed by atoms with E-state index in [2.05, 4.69) is 4.98 Å². The molecular weight excluding hydrogens is 265 g/mol. The van der Waals surface area contributed by atoms with Gasteiger partial charge in [-0.3, -0.25) is 4.98 Å². The average molecular weight is 274 g/mol. The van der Waals surface area contributed by atoms with Crippen LogP contribution in [-0.4, -0.2) is 10.1 Å². The van der Waals surface area contributed by atoms with E-state index >= 15 is 0 Å². The molecule has 4 heteroatoms. The van der Waals surface area contributed by atoms with Gasteiger partial charge in [-0.2, -0.15) is 0 Å². The number of fused-ring (bicyclic) bond motifs is 1. The first-order valence-electron chi connectivity index (χ1n) is 5.67. The maximum atomic E-state index is 13.2. The van der Waals surface area contributed by atoms with Gasteiger partial charge >= 0.3 is 0 Å². The number of hydrogen-bond donors (Lipinski definition) is 1. The molecule has 3 rings (SSSR count). The summed E-state index contributed by atoms with van der Waals surface area (Å²) in [6, 6.07) is 10.0.